The molecule has 2 aromatic heterocycles. The predicted molar refractivity (Wildman–Crippen MR) is 92.1 cm³/mol. The van der Waals surface area contributed by atoms with Crippen LogP contribution in [-0.2, 0) is 17.8 Å². The number of methoxy groups -OCH3 is 1. The average molecular weight is 356 g/mol. The summed E-state index contributed by atoms with van der Waals surface area (Å²) in [6.07, 6.45) is 5.66. The van der Waals surface area contributed by atoms with Crippen molar-refractivity contribution in [2.24, 2.45) is 0 Å². The van der Waals surface area contributed by atoms with Crippen molar-refractivity contribution in [3.05, 3.63) is 35.4 Å². The van der Waals surface area contributed by atoms with Crippen molar-refractivity contribution in [3.8, 4) is 6.01 Å². The van der Waals surface area contributed by atoms with Crippen LogP contribution >= 0.6 is 0 Å². The molecule has 2 aromatic rings. The van der Waals surface area contributed by atoms with E-state index in [1.807, 2.05) is 6.20 Å². The minimum atomic E-state index is -0.0733. The molecular formula is C17H20N6O3. The van der Waals surface area contributed by atoms with Gasteiger partial charge >= 0.3 is 6.01 Å². The van der Waals surface area contributed by atoms with Gasteiger partial charge in [-0.1, -0.05) is 0 Å². The second-order valence-corrected chi connectivity index (χ2v) is 6.18. The van der Waals surface area contributed by atoms with E-state index < -0.39 is 0 Å². The molecule has 4 heterocycles. The highest BCUT2D eigenvalue weighted by Gasteiger charge is 2.25. The Balaban J connectivity index is 1.39. The van der Waals surface area contributed by atoms with Crippen molar-refractivity contribution in [2.45, 2.75) is 13.0 Å². The molecule has 9 heteroatoms. The minimum Gasteiger partial charge on any atom is -0.467 e. The van der Waals surface area contributed by atoms with E-state index in [0.717, 1.165) is 23.6 Å². The quantitative estimate of drug-likeness (QED) is 0.776. The monoisotopic (exact) mass is 356 g/mol. The molecular weight excluding hydrogens is 336 g/mol. The van der Waals surface area contributed by atoms with Gasteiger partial charge in [0.25, 0.3) is 5.91 Å². The molecule has 0 spiro atoms. The molecule has 2 aliphatic rings. The van der Waals surface area contributed by atoms with E-state index in [-0.39, 0.29) is 11.9 Å². The molecule has 0 radical (unpaired) electrons. The minimum absolute atomic E-state index is 0.0733. The first-order valence-electron chi connectivity index (χ1n) is 8.57. The van der Waals surface area contributed by atoms with Gasteiger partial charge in [0.15, 0.2) is 0 Å². The van der Waals surface area contributed by atoms with Crippen LogP contribution in [0.3, 0.4) is 0 Å². The molecule has 0 aliphatic carbocycles. The summed E-state index contributed by atoms with van der Waals surface area (Å²) >= 11 is 0. The lowest BCUT2D eigenvalue weighted by molar-refractivity contribution is 0.0745. The van der Waals surface area contributed by atoms with Gasteiger partial charge in [0.1, 0.15) is 0 Å². The van der Waals surface area contributed by atoms with Gasteiger partial charge in [-0.05, 0) is 0 Å². The molecule has 1 fully saturated rings. The van der Waals surface area contributed by atoms with Gasteiger partial charge in [0, 0.05) is 56.8 Å². The van der Waals surface area contributed by atoms with Crippen molar-refractivity contribution in [1.29, 1.82) is 0 Å². The third-order valence-electron chi connectivity index (χ3n) is 4.59. The fraction of sp³-hybridized carbons (Fsp3) is 0.471. The Morgan fingerprint density at radius 3 is 2.62 bits per heavy atom. The number of fused-ring (bicyclic) bond motifs is 1. The zero-order valence-corrected chi connectivity index (χ0v) is 14.6. The van der Waals surface area contributed by atoms with E-state index in [4.69, 9.17) is 9.47 Å². The molecule has 0 unspecified atom stereocenters. The SMILES string of the molecule is COc1ncc(C(=O)N2CCN(c3ncc4c(n3)CCOC4)CC2)cn1. The molecule has 1 amide bonds. The van der Waals surface area contributed by atoms with Crippen LogP contribution in [0.2, 0.25) is 0 Å². The molecule has 26 heavy (non-hydrogen) atoms. The third kappa shape index (κ3) is 3.30. The maximum Gasteiger partial charge on any atom is 0.316 e. The number of hydrogen-bond donors (Lipinski definition) is 0. The lowest BCUT2D eigenvalue weighted by Gasteiger charge is -2.35. The number of nitrogens with zero attached hydrogens (tertiary/aromatic N) is 6. The molecule has 1 saturated heterocycles. The number of hydrogen-bond acceptors (Lipinski definition) is 8. The Kier molecular flexibility index (Phi) is 4.61. The van der Waals surface area contributed by atoms with E-state index in [1.54, 1.807) is 4.90 Å². The van der Waals surface area contributed by atoms with Crippen LogP contribution in [-0.4, -0.2) is 70.6 Å². The van der Waals surface area contributed by atoms with Crippen LogP contribution in [0.4, 0.5) is 5.95 Å². The number of amides is 1. The van der Waals surface area contributed by atoms with Crippen LogP contribution in [0.15, 0.2) is 18.6 Å². The van der Waals surface area contributed by atoms with Gasteiger partial charge in [-0.25, -0.2) is 19.9 Å². The summed E-state index contributed by atoms with van der Waals surface area (Å²) in [7, 11) is 1.49. The largest absolute Gasteiger partial charge is 0.467 e. The van der Waals surface area contributed by atoms with E-state index >= 15 is 0 Å². The van der Waals surface area contributed by atoms with Gasteiger partial charge in [-0.2, -0.15) is 0 Å². The first-order chi connectivity index (χ1) is 12.7. The number of rotatable bonds is 3. The Morgan fingerprint density at radius 2 is 1.88 bits per heavy atom. The Morgan fingerprint density at radius 1 is 1.12 bits per heavy atom. The number of carbonyl (C=O) groups excluding carboxylic acids is 1. The molecule has 0 bridgehead atoms. The predicted octanol–water partition coefficient (Wildman–Crippen LogP) is 0.310. The van der Waals surface area contributed by atoms with E-state index in [0.29, 0.717) is 45.0 Å². The fourth-order valence-electron chi connectivity index (χ4n) is 3.10. The van der Waals surface area contributed by atoms with Crippen molar-refractivity contribution < 1.29 is 14.3 Å². The normalized spacial score (nSPS) is 17.0. The molecule has 9 nitrogen and oxygen atoms in total. The first-order valence-corrected chi connectivity index (χ1v) is 8.57. The van der Waals surface area contributed by atoms with Crippen LogP contribution in [0.1, 0.15) is 21.6 Å². The van der Waals surface area contributed by atoms with Crippen LogP contribution < -0.4 is 9.64 Å². The van der Waals surface area contributed by atoms with Gasteiger partial charge < -0.3 is 19.3 Å². The average Bonchev–Trinajstić information content (AvgIpc) is 2.73. The standard InChI is InChI=1S/C17H20N6O3/c1-25-17-19-8-12(9-20-17)15(24)22-3-5-23(6-4-22)16-18-10-13-11-26-7-2-14(13)21-16/h8-10H,2-7,11H2,1H3. The summed E-state index contributed by atoms with van der Waals surface area (Å²) in [6.45, 7) is 3.89. The highest BCUT2D eigenvalue weighted by molar-refractivity contribution is 5.93. The summed E-state index contributed by atoms with van der Waals surface area (Å²) in [6, 6.07) is 0.251. The lowest BCUT2D eigenvalue weighted by Crippen LogP contribution is -2.49. The number of ether oxygens (including phenoxy) is 2. The highest BCUT2D eigenvalue weighted by Crippen LogP contribution is 2.18. The Labute approximate surface area is 151 Å². The van der Waals surface area contributed by atoms with Crippen LogP contribution in [0.5, 0.6) is 6.01 Å². The van der Waals surface area contributed by atoms with E-state index in [2.05, 4.69) is 24.8 Å². The Hall–Kier alpha value is -2.81. The first kappa shape index (κ1) is 16.6. The van der Waals surface area contributed by atoms with Crippen molar-refractivity contribution >= 4 is 11.9 Å². The molecule has 0 saturated carbocycles. The van der Waals surface area contributed by atoms with Gasteiger partial charge in [-0.3, -0.25) is 4.79 Å². The maximum absolute atomic E-state index is 12.6. The number of aromatic nitrogens is 4. The zero-order chi connectivity index (χ0) is 17.9. The second-order valence-electron chi connectivity index (χ2n) is 6.18. The second kappa shape index (κ2) is 7.20. The summed E-state index contributed by atoms with van der Waals surface area (Å²) in [5.74, 6) is 0.654. The van der Waals surface area contributed by atoms with Crippen molar-refractivity contribution in [2.75, 3.05) is 44.8 Å². The summed E-state index contributed by atoms with van der Waals surface area (Å²) in [4.78, 5) is 33.6. The zero-order valence-electron chi connectivity index (χ0n) is 14.6. The lowest BCUT2D eigenvalue weighted by atomic mass is 10.1. The molecule has 0 atom stereocenters. The summed E-state index contributed by atoms with van der Waals surface area (Å²) in [5.41, 5.74) is 2.59. The molecule has 0 N–H and O–H groups in total. The van der Waals surface area contributed by atoms with Crippen LogP contribution in [0.25, 0.3) is 0 Å². The fourth-order valence-corrected chi connectivity index (χ4v) is 3.10. The summed E-state index contributed by atoms with van der Waals surface area (Å²) < 4.78 is 10.3. The van der Waals surface area contributed by atoms with Crippen LogP contribution in [0, 0.1) is 0 Å². The van der Waals surface area contributed by atoms with Crippen molar-refractivity contribution in [3.63, 3.8) is 0 Å². The number of carbonyl (C=O) groups is 1. The number of anilines is 1. The molecule has 136 valence electrons. The molecule has 4 rings (SSSR count). The topological polar surface area (TPSA) is 93.6 Å². The molecule has 2 aliphatic heterocycles. The smallest absolute Gasteiger partial charge is 0.316 e. The third-order valence-corrected chi connectivity index (χ3v) is 4.59. The van der Waals surface area contributed by atoms with E-state index in [9.17, 15) is 4.79 Å². The van der Waals surface area contributed by atoms with Gasteiger partial charge in [0.2, 0.25) is 5.95 Å². The van der Waals surface area contributed by atoms with Crippen molar-refractivity contribution in [1.82, 2.24) is 24.8 Å². The number of piperazine rings is 1. The van der Waals surface area contributed by atoms with Gasteiger partial charge in [0.05, 0.1) is 31.6 Å². The highest BCUT2D eigenvalue weighted by atomic mass is 16.5. The summed E-state index contributed by atoms with van der Waals surface area (Å²) in [5, 5.41) is 0. The maximum atomic E-state index is 12.6. The van der Waals surface area contributed by atoms with Gasteiger partial charge in [-0.15, -0.1) is 0 Å². The molecule has 0 aromatic carbocycles. The Bertz CT molecular complexity index is 790. The van der Waals surface area contributed by atoms with E-state index in [1.165, 1.54) is 19.5 Å².